The van der Waals surface area contributed by atoms with Crippen molar-refractivity contribution in [1.29, 1.82) is 0 Å². The summed E-state index contributed by atoms with van der Waals surface area (Å²) in [6.07, 6.45) is 0. The fourth-order valence-electron chi connectivity index (χ4n) is 1.78. The largest absolute Gasteiger partial charge is 0.497 e. The van der Waals surface area contributed by atoms with Gasteiger partial charge >= 0.3 is 0 Å². The summed E-state index contributed by atoms with van der Waals surface area (Å²) in [6.45, 7) is 0.207. The Labute approximate surface area is 117 Å². The highest BCUT2D eigenvalue weighted by atomic mass is 16.5. The molecule has 0 aliphatic carbocycles. The normalized spacial score (nSPS) is 10.1. The molecule has 20 heavy (non-hydrogen) atoms. The summed E-state index contributed by atoms with van der Waals surface area (Å²) in [5.74, 6) is 1.29. The van der Waals surface area contributed by atoms with Crippen molar-refractivity contribution in [3.8, 4) is 11.5 Å². The zero-order valence-corrected chi connectivity index (χ0v) is 11.2. The lowest BCUT2D eigenvalue weighted by molar-refractivity contribution is 0.103. The molecule has 0 saturated heterocycles. The first-order chi connectivity index (χ1) is 9.74. The second kappa shape index (κ2) is 6.73. The third-order valence-corrected chi connectivity index (χ3v) is 2.83. The Hall–Kier alpha value is -2.33. The van der Waals surface area contributed by atoms with E-state index in [1.54, 1.807) is 55.6 Å². The molecule has 0 radical (unpaired) electrons. The Kier molecular flexibility index (Phi) is 4.74. The van der Waals surface area contributed by atoms with Gasteiger partial charge in [0.25, 0.3) is 0 Å². The molecule has 2 aromatic rings. The molecule has 0 fully saturated rings. The molecule has 0 spiro atoms. The molecule has 0 aromatic heterocycles. The maximum atomic E-state index is 12.2. The number of hydrogen-bond acceptors (Lipinski definition) is 4. The van der Waals surface area contributed by atoms with E-state index in [0.717, 1.165) is 0 Å². The number of rotatable bonds is 6. The van der Waals surface area contributed by atoms with Gasteiger partial charge in [0.1, 0.15) is 18.1 Å². The highest BCUT2D eigenvalue weighted by Gasteiger charge is 2.09. The summed E-state index contributed by atoms with van der Waals surface area (Å²) in [6, 6.07) is 13.8. The molecule has 0 atom stereocenters. The number of methoxy groups -OCH3 is 1. The average molecular weight is 272 g/mol. The van der Waals surface area contributed by atoms with E-state index >= 15 is 0 Å². The first-order valence-electron chi connectivity index (χ1n) is 6.27. The van der Waals surface area contributed by atoms with Crippen molar-refractivity contribution in [1.82, 2.24) is 0 Å². The van der Waals surface area contributed by atoms with Crippen LogP contribution in [0.1, 0.15) is 15.9 Å². The molecule has 4 nitrogen and oxygen atoms in total. The molecular formula is C16H16O4. The highest BCUT2D eigenvalue weighted by Crippen LogP contribution is 2.17. The van der Waals surface area contributed by atoms with Crippen molar-refractivity contribution in [2.24, 2.45) is 0 Å². The Morgan fingerprint density at radius 1 is 0.950 bits per heavy atom. The minimum Gasteiger partial charge on any atom is -0.497 e. The fourth-order valence-corrected chi connectivity index (χ4v) is 1.78. The third-order valence-electron chi connectivity index (χ3n) is 2.83. The van der Waals surface area contributed by atoms with Gasteiger partial charge in [-0.05, 0) is 48.5 Å². The number of aliphatic hydroxyl groups excluding tert-OH is 1. The van der Waals surface area contributed by atoms with Crippen molar-refractivity contribution in [2.45, 2.75) is 0 Å². The van der Waals surface area contributed by atoms with E-state index in [4.69, 9.17) is 14.6 Å². The monoisotopic (exact) mass is 272 g/mol. The lowest BCUT2D eigenvalue weighted by atomic mass is 10.0. The number of ether oxygens (including phenoxy) is 2. The molecule has 0 unspecified atom stereocenters. The van der Waals surface area contributed by atoms with E-state index in [1.165, 1.54) is 0 Å². The Balaban J connectivity index is 2.11. The highest BCUT2D eigenvalue weighted by molar-refractivity contribution is 6.09. The van der Waals surface area contributed by atoms with Gasteiger partial charge in [0, 0.05) is 11.1 Å². The number of ketones is 1. The van der Waals surface area contributed by atoms with Crippen LogP contribution in [0.4, 0.5) is 0 Å². The van der Waals surface area contributed by atoms with Gasteiger partial charge in [-0.25, -0.2) is 0 Å². The summed E-state index contributed by atoms with van der Waals surface area (Å²) in [7, 11) is 1.59. The van der Waals surface area contributed by atoms with Gasteiger partial charge in [-0.3, -0.25) is 4.79 Å². The van der Waals surface area contributed by atoms with E-state index in [9.17, 15) is 4.79 Å². The van der Waals surface area contributed by atoms with Crippen LogP contribution in [0.2, 0.25) is 0 Å². The Bertz CT molecular complexity index is 558. The predicted molar refractivity (Wildman–Crippen MR) is 75.4 cm³/mol. The molecule has 104 valence electrons. The molecule has 4 heteroatoms. The smallest absolute Gasteiger partial charge is 0.193 e. The molecule has 0 heterocycles. The van der Waals surface area contributed by atoms with Gasteiger partial charge in [-0.2, -0.15) is 0 Å². The number of carbonyl (C=O) groups is 1. The van der Waals surface area contributed by atoms with Gasteiger partial charge < -0.3 is 14.6 Å². The number of aliphatic hydroxyl groups is 1. The predicted octanol–water partition coefficient (Wildman–Crippen LogP) is 2.30. The van der Waals surface area contributed by atoms with Crippen LogP contribution >= 0.6 is 0 Å². The Morgan fingerprint density at radius 2 is 1.45 bits per heavy atom. The SMILES string of the molecule is COc1ccc(C(=O)c2ccc(OCCO)cc2)cc1. The van der Waals surface area contributed by atoms with E-state index in [0.29, 0.717) is 22.6 Å². The zero-order valence-electron chi connectivity index (χ0n) is 11.2. The van der Waals surface area contributed by atoms with Crippen molar-refractivity contribution in [3.05, 3.63) is 59.7 Å². The molecule has 0 aliphatic rings. The Morgan fingerprint density at radius 3 is 1.90 bits per heavy atom. The standard InChI is InChI=1S/C16H16O4/c1-19-14-6-2-12(3-7-14)16(18)13-4-8-15(9-5-13)20-11-10-17/h2-9,17H,10-11H2,1H3. The quantitative estimate of drug-likeness (QED) is 0.820. The van der Waals surface area contributed by atoms with Gasteiger partial charge in [-0.15, -0.1) is 0 Å². The summed E-state index contributed by atoms with van der Waals surface area (Å²) in [5.41, 5.74) is 1.20. The molecule has 0 aliphatic heterocycles. The summed E-state index contributed by atoms with van der Waals surface area (Å²) < 4.78 is 10.3. The van der Waals surface area contributed by atoms with Crippen LogP contribution in [-0.4, -0.2) is 31.2 Å². The maximum absolute atomic E-state index is 12.2. The molecule has 1 N–H and O–H groups in total. The van der Waals surface area contributed by atoms with E-state index in [2.05, 4.69) is 0 Å². The lowest BCUT2D eigenvalue weighted by Crippen LogP contribution is -2.03. The van der Waals surface area contributed by atoms with Crippen LogP contribution in [0.25, 0.3) is 0 Å². The van der Waals surface area contributed by atoms with Gasteiger partial charge in [0.15, 0.2) is 5.78 Å². The molecule has 2 rings (SSSR count). The number of carbonyl (C=O) groups excluding carboxylic acids is 1. The second-order valence-electron chi connectivity index (χ2n) is 4.15. The van der Waals surface area contributed by atoms with Crippen LogP contribution in [-0.2, 0) is 0 Å². The lowest BCUT2D eigenvalue weighted by Gasteiger charge is -2.06. The minimum absolute atomic E-state index is 0.0352. The van der Waals surface area contributed by atoms with Crippen molar-refractivity contribution in [2.75, 3.05) is 20.3 Å². The van der Waals surface area contributed by atoms with Crippen LogP contribution in [0.5, 0.6) is 11.5 Å². The van der Waals surface area contributed by atoms with Crippen LogP contribution in [0.3, 0.4) is 0 Å². The van der Waals surface area contributed by atoms with Crippen LogP contribution in [0.15, 0.2) is 48.5 Å². The van der Waals surface area contributed by atoms with E-state index in [1.807, 2.05) is 0 Å². The van der Waals surface area contributed by atoms with Crippen LogP contribution < -0.4 is 9.47 Å². The van der Waals surface area contributed by atoms with E-state index < -0.39 is 0 Å². The summed E-state index contributed by atoms with van der Waals surface area (Å²) >= 11 is 0. The molecule has 0 bridgehead atoms. The first-order valence-corrected chi connectivity index (χ1v) is 6.27. The van der Waals surface area contributed by atoms with Crippen molar-refractivity contribution >= 4 is 5.78 Å². The van der Waals surface area contributed by atoms with Gasteiger partial charge in [-0.1, -0.05) is 0 Å². The summed E-state index contributed by atoms with van der Waals surface area (Å²) in [4.78, 5) is 12.2. The number of hydrogen-bond donors (Lipinski definition) is 1. The van der Waals surface area contributed by atoms with Crippen molar-refractivity contribution < 1.29 is 19.4 Å². The first kappa shape index (κ1) is 14.1. The molecule has 0 amide bonds. The topological polar surface area (TPSA) is 55.8 Å². The van der Waals surface area contributed by atoms with Crippen LogP contribution in [0, 0.1) is 0 Å². The third kappa shape index (κ3) is 3.36. The second-order valence-corrected chi connectivity index (χ2v) is 4.15. The maximum Gasteiger partial charge on any atom is 0.193 e. The van der Waals surface area contributed by atoms with Crippen molar-refractivity contribution in [3.63, 3.8) is 0 Å². The molecule has 0 saturated carbocycles. The molecular weight excluding hydrogens is 256 g/mol. The molecule has 2 aromatic carbocycles. The number of benzene rings is 2. The minimum atomic E-state index is -0.0543. The van der Waals surface area contributed by atoms with E-state index in [-0.39, 0.29) is 19.0 Å². The summed E-state index contributed by atoms with van der Waals surface area (Å²) in [5, 5.41) is 8.67. The zero-order chi connectivity index (χ0) is 14.4. The van der Waals surface area contributed by atoms with Gasteiger partial charge in [0.05, 0.1) is 13.7 Å². The fraction of sp³-hybridized carbons (Fsp3) is 0.188. The van der Waals surface area contributed by atoms with Gasteiger partial charge in [0.2, 0.25) is 0 Å². The average Bonchev–Trinajstić information content (AvgIpc) is 2.53.